The zero-order valence-corrected chi connectivity index (χ0v) is 10.7. The summed E-state index contributed by atoms with van der Waals surface area (Å²) in [6.45, 7) is 9.11. The number of aliphatic hydroxyl groups excluding tert-OH is 1. The molecule has 90 valence electrons. The van der Waals surface area contributed by atoms with E-state index in [2.05, 4.69) is 39.8 Å². The molecule has 2 nitrogen and oxygen atoms in total. The molecule has 0 aliphatic carbocycles. The predicted octanol–water partition coefficient (Wildman–Crippen LogP) is 3.30. The monoisotopic (exact) mass is 222 g/mol. The highest BCUT2D eigenvalue weighted by Crippen LogP contribution is 2.29. The summed E-state index contributed by atoms with van der Waals surface area (Å²) in [5.41, 5.74) is 2.56. The van der Waals surface area contributed by atoms with Gasteiger partial charge < -0.3 is 9.84 Å². The Balaban J connectivity index is 2.99. The Morgan fingerprint density at radius 1 is 1.12 bits per heavy atom. The highest BCUT2D eigenvalue weighted by Gasteiger charge is 2.10. The normalized spacial score (nSPS) is 11.2. The van der Waals surface area contributed by atoms with Gasteiger partial charge >= 0.3 is 0 Å². The van der Waals surface area contributed by atoms with E-state index in [1.54, 1.807) is 0 Å². The summed E-state index contributed by atoms with van der Waals surface area (Å²) < 4.78 is 5.53. The van der Waals surface area contributed by atoms with Gasteiger partial charge in [-0.1, -0.05) is 39.8 Å². The second-order valence-electron chi connectivity index (χ2n) is 4.68. The fraction of sp³-hybridized carbons (Fsp3) is 0.571. The van der Waals surface area contributed by atoms with E-state index in [1.165, 1.54) is 11.1 Å². The van der Waals surface area contributed by atoms with E-state index >= 15 is 0 Å². The van der Waals surface area contributed by atoms with Gasteiger partial charge in [-0.25, -0.2) is 0 Å². The van der Waals surface area contributed by atoms with Gasteiger partial charge in [-0.3, -0.25) is 0 Å². The molecule has 0 bridgehead atoms. The molecule has 2 heteroatoms. The highest BCUT2D eigenvalue weighted by atomic mass is 16.5. The molecule has 1 aromatic carbocycles. The van der Waals surface area contributed by atoms with Gasteiger partial charge in [0.05, 0.1) is 6.61 Å². The van der Waals surface area contributed by atoms with Crippen molar-refractivity contribution in [2.24, 2.45) is 0 Å². The smallest absolute Gasteiger partial charge is 0.122 e. The number of benzene rings is 1. The Bertz CT molecular complexity index is 330. The van der Waals surface area contributed by atoms with Crippen LogP contribution in [0.1, 0.15) is 50.7 Å². The van der Waals surface area contributed by atoms with Crippen molar-refractivity contribution in [3.63, 3.8) is 0 Å². The molecule has 0 aliphatic rings. The van der Waals surface area contributed by atoms with E-state index in [9.17, 15) is 0 Å². The third-order valence-corrected chi connectivity index (χ3v) is 2.67. The SMILES string of the molecule is CC(C)c1ccc(OCCO)c(C(C)C)c1. The standard InChI is InChI=1S/C14H22O2/c1-10(2)12-5-6-14(16-8-7-15)13(9-12)11(3)4/h5-6,9-11,15H,7-8H2,1-4H3. The molecule has 1 rings (SSSR count). The maximum Gasteiger partial charge on any atom is 0.122 e. The van der Waals surface area contributed by atoms with Crippen molar-refractivity contribution in [3.05, 3.63) is 29.3 Å². The van der Waals surface area contributed by atoms with Crippen LogP contribution < -0.4 is 4.74 Å². The molecule has 0 radical (unpaired) electrons. The largest absolute Gasteiger partial charge is 0.491 e. The Labute approximate surface area is 98.3 Å². The Kier molecular flexibility index (Phi) is 4.81. The summed E-state index contributed by atoms with van der Waals surface area (Å²) >= 11 is 0. The quantitative estimate of drug-likeness (QED) is 0.828. The van der Waals surface area contributed by atoms with Crippen molar-refractivity contribution in [1.29, 1.82) is 0 Å². The third-order valence-electron chi connectivity index (χ3n) is 2.67. The van der Waals surface area contributed by atoms with Crippen LogP contribution in [0.25, 0.3) is 0 Å². The first kappa shape index (κ1) is 13.0. The highest BCUT2D eigenvalue weighted by molar-refractivity contribution is 5.40. The molecule has 0 spiro atoms. The Hall–Kier alpha value is -1.02. The van der Waals surface area contributed by atoms with E-state index in [0.29, 0.717) is 18.4 Å². The molecule has 1 aromatic rings. The molecule has 0 amide bonds. The van der Waals surface area contributed by atoms with E-state index in [1.807, 2.05) is 6.07 Å². The van der Waals surface area contributed by atoms with Crippen LogP contribution in [-0.4, -0.2) is 18.3 Å². The number of aliphatic hydroxyl groups is 1. The lowest BCUT2D eigenvalue weighted by Crippen LogP contribution is -2.05. The first-order chi connectivity index (χ1) is 7.56. The molecular weight excluding hydrogens is 200 g/mol. The minimum atomic E-state index is 0.0590. The first-order valence-corrected chi connectivity index (χ1v) is 5.93. The van der Waals surface area contributed by atoms with Crippen LogP contribution in [-0.2, 0) is 0 Å². The number of rotatable bonds is 5. The summed E-state index contributed by atoms with van der Waals surface area (Å²) in [4.78, 5) is 0. The van der Waals surface area contributed by atoms with Gasteiger partial charge in [0, 0.05) is 0 Å². The predicted molar refractivity (Wildman–Crippen MR) is 67.2 cm³/mol. The Morgan fingerprint density at radius 3 is 2.31 bits per heavy atom. The third kappa shape index (κ3) is 3.24. The zero-order chi connectivity index (χ0) is 12.1. The summed E-state index contributed by atoms with van der Waals surface area (Å²) in [6.07, 6.45) is 0. The van der Waals surface area contributed by atoms with Crippen LogP contribution in [0.15, 0.2) is 18.2 Å². The van der Waals surface area contributed by atoms with Crippen LogP contribution in [0.2, 0.25) is 0 Å². The number of hydrogen-bond acceptors (Lipinski definition) is 2. The minimum absolute atomic E-state index is 0.0590. The van der Waals surface area contributed by atoms with Gasteiger partial charge in [0.25, 0.3) is 0 Å². The summed E-state index contributed by atoms with van der Waals surface area (Å²) in [5.74, 6) is 1.87. The summed E-state index contributed by atoms with van der Waals surface area (Å²) in [7, 11) is 0. The van der Waals surface area contributed by atoms with Crippen LogP contribution in [0.3, 0.4) is 0 Å². The van der Waals surface area contributed by atoms with E-state index in [-0.39, 0.29) is 6.61 Å². The van der Waals surface area contributed by atoms with Gasteiger partial charge in [0.15, 0.2) is 0 Å². The molecule has 0 saturated heterocycles. The molecule has 16 heavy (non-hydrogen) atoms. The average molecular weight is 222 g/mol. The number of ether oxygens (including phenoxy) is 1. The van der Waals surface area contributed by atoms with E-state index < -0.39 is 0 Å². The lowest BCUT2D eigenvalue weighted by atomic mass is 9.95. The van der Waals surface area contributed by atoms with Crippen molar-refractivity contribution in [3.8, 4) is 5.75 Å². The first-order valence-electron chi connectivity index (χ1n) is 5.93. The second kappa shape index (κ2) is 5.90. The van der Waals surface area contributed by atoms with Crippen molar-refractivity contribution in [2.75, 3.05) is 13.2 Å². The van der Waals surface area contributed by atoms with Crippen molar-refractivity contribution in [1.82, 2.24) is 0 Å². The topological polar surface area (TPSA) is 29.5 Å². The summed E-state index contributed by atoms with van der Waals surface area (Å²) in [5, 5.41) is 8.77. The fourth-order valence-corrected chi connectivity index (χ4v) is 1.66. The zero-order valence-electron chi connectivity index (χ0n) is 10.7. The van der Waals surface area contributed by atoms with Gasteiger partial charge in [-0.2, -0.15) is 0 Å². The molecule has 0 saturated carbocycles. The summed E-state index contributed by atoms with van der Waals surface area (Å²) in [6, 6.07) is 6.33. The van der Waals surface area contributed by atoms with Crippen LogP contribution >= 0.6 is 0 Å². The van der Waals surface area contributed by atoms with E-state index in [0.717, 1.165) is 5.75 Å². The minimum Gasteiger partial charge on any atom is -0.491 e. The fourth-order valence-electron chi connectivity index (χ4n) is 1.66. The van der Waals surface area contributed by atoms with Gasteiger partial charge in [-0.15, -0.1) is 0 Å². The van der Waals surface area contributed by atoms with Crippen molar-refractivity contribution in [2.45, 2.75) is 39.5 Å². The molecule has 0 aromatic heterocycles. The van der Waals surface area contributed by atoms with Gasteiger partial charge in [0.2, 0.25) is 0 Å². The molecular formula is C14H22O2. The Morgan fingerprint density at radius 2 is 1.81 bits per heavy atom. The molecule has 0 atom stereocenters. The maximum atomic E-state index is 8.77. The lowest BCUT2D eigenvalue weighted by Gasteiger charge is -2.16. The molecule has 0 fully saturated rings. The average Bonchev–Trinajstić information content (AvgIpc) is 2.25. The molecule has 0 unspecified atom stereocenters. The number of hydrogen-bond donors (Lipinski definition) is 1. The van der Waals surface area contributed by atoms with Gasteiger partial charge in [-0.05, 0) is 29.0 Å². The van der Waals surface area contributed by atoms with Gasteiger partial charge in [0.1, 0.15) is 12.4 Å². The maximum absolute atomic E-state index is 8.77. The van der Waals surface area contributed by atoms with Crippen molar-refractivity contribution >= 4 is 0 Å². The van der Waals surface area contributed by atoms with Crippen LogP contribution in [0, 0.1) is 0 Å². The van der Waals surface area contributed by atoms with Crippen molar-refractivity contribution < 1.29 is 9.84 Å². The van der Waals surface area contributed by atoms with Crippen LogP contribution in [0.4, 0.5) is 0 Å². The molecule has 1 N–H and O–H groups in total. The molecule has 0 heterocycles. The van der Waals surface area contributed by atoms with E-state index in [4.69, 9.17) is 9.84 Å². The molecule has 0 aliphatic heterocycles. The van der Waals surface area contributed by atoms with Crippen LogP contribution in [0.5, 0.6) is 5.75 Å². The lowest BCUT2D eigenvalue weighted by molar-refractivity contribution is 0.200. The second-order valence-corrected chi connectivity index (χ2v) is 4.68.